The van der Waals surface area contributed by atoms with Crippen LogP contribution in [0.1, 0.15) is 44.3 Å². The number of aromatic nitrogens is 1. The molecule has 0 saturated heterocycles. The van der Waals surface area contributed by atoms with Crippen LogP contribution in [-0.4, -0.2) is 4.57 Å². The Balaban J connectivity index is 2.03. The van der Waals surface area contributed by atoms with Crippen LogP contribution in [0, 0.1) is 0 Å². The molecule has 1 saturated carbocycles. The zero-order valence-electron chi connectivity index (χ0n) is 10.2. The molecule has 0 N–H and O–H groups in total. The van der Waals surface area contributed by atoms with Crippen molar-refractivity contribution in [3.63, 3.8) is 0 Å². The molecular formula is C16H17N. The monoisotopic (exact) mass is 223 g/mol. The predicted molar refractivity (Wildman–Crippen MR) is 72.0 cm³/mol. The second-order valence-electron chi connectivity index (χ2n) is 5.37. The highest BCUT2D eigenvalue weighted by atomic mass is 15.1. The van der Waals surface area contributed by atoms with Crippen molar-refractivity contribution in [1.82, 2.24) is 4.57 Å². The second kappa shape index (κ2) is 3.25. The molecule has 1 aromatic carbocycles. The fraction of sp³-hybridized carbons (Fsp3) is 0.375. The average molecular weight is 223 g/mol. The Hall–Kier alpha value is -1.50. The minimum Gasteiger partial charge on any atom is -0.333 e. The Morgan fingerprint density at radius 3 is 3.00 bits per heavy atom. The van der Waals surface area contributed by atoms with E-state index in [1.54, 1.807) is 11.1 Å². The molecule has 1 aliphatic heterocycles. The van der Waals surface area contributed by atoms with Gasteiger partial charge in [-0.1, -0.05) is 24.6 Å². The molecule has 0 bridgehead atoms. The van der Waals surface area contributed by atoms with Crippen LogP contribution in [-0.2, 0) is 0 Å². The molecule has 1 heteroatoms. The maximum absolute atomic E-state index is 2.58. The molecule has 1 atom stereocenters. The predicted octanol–water partition coefficient (Wildman–Crippen LogP) is 4.54. The van der Waals surface area contributed by atoms with E-state index in [2.05, 4.69) is 41.8 Å². The van der Waals surface area contributed by atoms with Crippen LogP contribution in [0.2, 0.25) is 0 Å². The van der Waals surface area contributed by atoms with Gasteiger partial charge in [-0.05, 0) is 49.5 Å². The highest BCUT2D eigenvalue weighted by Crippen LogP contribution is 2.47. The molecular weight excluding hydrogens is 206 g/mol. The number of fused-ring (bicyclic) bond motifs is 5. The van der Waals surface area contributed by atoms with Gasteiger partial charge in [0.2, 0.25) is 0 Å². The molecule has 0 radical (unpaired) electrons. The van der Waals surface area contributed by atoms with Crippen LogP contribution >= 0.6 is 0 Å². The number of benzene rings is 1. The lowest BCUT2D eigenvalue weighted by atomic mass is 9.88. The first-order valence-electron chi connectivity index (χ1n) is 6.66. The van der Waals surface area contributed by atoms with Gasteiger partial charge in [0.25, 0.3) is 0 Å². The zero-order valence-corrected chi connectivity index (χ0v) is 10.2. The third-order valence-corrected chi connectivity index (χ3v) is 4.50. The van der Waals surface area contributed by atoms with Crippen molar-refractivity contribution in [2.75, 3.05) is 0 Å². The first-order valence-corrected chi connectivity index (χ1v) is 6.66. The third kappa shape index (κ3) is 1.14. The molecule has 1 aromatic heterocycles. The number of hydrogen-bond donors (Lipinski definition) is 0. The van der Waals surface area contributed by atoms with Crippen LogP contribution < -0.4 is 0 Å². The summed E-state index contributed by atoms with van der Waals surface area (Å²) in [6.07, 6.45) is 5.41. The number of allylic oxidation sites excluding steroid dienone is 2. The van der Waals surface area contributed by atoms with Gasteiger partial charge in [-0.25, -0.2) is 0 Å². The quantitative estimate of drug-likeness (QED) is 0.617. The first kappa shape index (κ1) is 9.52. The molecule has 86 valence electrons. The van der Waals surface area contributed by atoms with Gasteiger partial charge in [-0.2, -0.15) is 0 Å². The highest BCUT2D eigenvalue weighted by molar-refractivity contribution is 5.88. The Morgan fingerprint density at radius 2 is 2.06 bits per heavy atom. The van der Waals surface area contributed by atoms with Gasteiger partial charge < -0.3 is 4.57 Å². The molecule has 2 aromatic rings. The summed E-state index contributed by atoms with van der Waals surface area (Å²) in [5.41, 5.74) is 6.14. The maximum Gasteiger partial charge on any atom is 0.0558 e. The number of hydrogen-bond acceptors (Lipinski definition) is 0. The molecule has 4 rings (SSSR count). The zero-order chi connectivity index (χ0) is 11.4. The molecule has 2 heterocycles. The lowest BCUT2D eigenvalue weighted by molar-refractivity contribution is 0.463. The number of para-hydroxylation sites is 1. The topological polar surface area (TPSA) is 4.93 Å². The van der Waals surface area contributed by atoms with E-state index >= 15 is 0 Å². The SMILES string of the molecule is CC1=C2CCCC[C@@H]2n2c1cc1ccccc12. The Kier molecular flexibility index (Phi) is 1.82. The van der Waals surface area contributed by atoms with Crippen LogP contribution in [0.4, 0.5) is 0 Å². The molecule has 0 spiro atoms. The van der Waals surface area contributed by atoms with Crippen molar-refractivity contribution < 1.29 is 0 Å². The third-order valence-electron chi connectivity index (χ3n) is 4.50. The lowest BCUT2D eigenvalue weighted by Gasteiger charge is -2.24. The fourth-order valence-electron chi connectivity index (χ4n) is 3.68. The normalized spacial score (nSPS) is 23.0. The van der Waals surface area contributed by atoms with E-state index in [-0.39, 0.29) is 0 Å². The Labute approximate surface area is 102 Å². The van der Waals surface area contributed by atoms with Crippen LogP contribution in [0.15, 0.2) is 35.9 Å². The molecule has 1 aliphatic carbocycles. The largest absolute Gasteiger partial charge is 0.333 e. The summed E-state index contributed by atoms with van der Waals surface area (Å²) < 4.78 is 2.58. The van der Waals surface area contributed by atoms with E-state index in [4.69, 9.17) is 0 Å². The van der Waals surface area contributed by atoms with Gasteiger partial charge in [0.05, 0.1) is 6.04 Å². The Bertz CT molecular complexity index is 630. The lowest BCUT2D eigenvalue weighted by Crippen LogP contribution is -2.11. The summed E-state index contributed by atoms with van der Waals surface area (Å²) in [5, 5.41) is 1.39. The minimum absolute atomic E-state index is 0.665. The van der Waals surface area contributed by atoms with Crippen molar-refractivity contribution in [2.45, 2.75) is 38.6 Å². The summed E-state index contributed by atoms with van der Waals surface area (Å²) in [5.74, 6) is 0. The van der Waals surface area contributed by atoms with Gasteiger partial charge in [0, 0.05) is 16.6 Å². The van der Waals surface area contributed by atoms with Crippen molar-refractivity contribution in [3.05, 3.63) is 41.6 Å². The van der Waals surface area contributed by atoms with E-state index < -0.39 is 0 Å². The van der Waals surface area contributed by atoms with E-state index in [1.165, 1.54) is 42.3 Å². The number of nitrogens with zero attached hydrogens (tertiary/aromatic N) is 1. The molecule has 1 nitrogen and oxygen atoms in total. The van der Waals surface area contributed by atoms with Gasteiger partial charge in [0.15, 0.2) is 0 Å². The second-order valence-corrected chi connectivity index (χ2v) is 5.37. The molecule has 17 heavy (non-hydrogen) atoms. The van der Waals surface area contributed by atoms with Gasteiger partial charge in [-0.15, -0.1) is 0 Å². The summed E-state index contributed by atoms with van der Waals surface area (Å²) in [6.45, 7) is 2.31. The highest BCUT2D eigenvalue weighted by Gasteiger charge is 2.31. The molecule has 1 fully saturated rings. The summed E-state index contributed by atoms with van der Waals surface area (Å²) in [6, 6.07) is 11.8. The molecule has 0 amide bonds. The smallest absolute Gasteiger partial charge is 0.0558 e. The van der Waals surface area contributed by atoms with E-state index in [0.29, 0.717) is 6.04 Å². The van der Waals surface area contributed by atoms with Crippen molar-refractivity contribution >= 4 is 16.5 Å². The van der Waals surface area contributed by atoms with E-state index in [0.717, 1.165) is 0 Å². The van der Waals surface area contributed by atoms with E-state index in [1.807, 2.05) is 0 Å². The van der Waals surface area contributed by atoms with Crippen LogP contribution in [0.25, 0.3) is 16.5 Å². The van der Waals surface area contributed by atoms with Gasteiger partial charge in [0.1, 0.15) is 0 Å². The summed E-state index contributed by atoms with van der Waals surface area (Å²) in [7, 11) is 0. The minimum atomic E-state index is 0.665. The van der Waals surface area contributed by atoms with Crippen molar-refractivity contribution in [3.8, 4) is 0 Å². The summed E-state index contributed by atoms with van der Waals surface area (Å²) in [4.78, 5) is 0. The van der Waals surface area contributed by atoms with Crippen molar-refractivity contribution in [2.24, 2.45) is 0 Å². The average Bonchev–Trinajstić information content (AvgIpc) is 2.88. The maximum atomic E-state index is 2.58. The first-order chi connectivity index (χ1) is 8.36. The van der Waals surface area contributed by atoms with Crippen molar-refractivity contribution in [1.29, 1.82) is 0 Å². The van der Waals surface area contributed by atoms with Crippen LogP contribution in [0.5, 0.6) is 0 Å². The number of rotatable bonds is 0. The standard InChI is InChI=1S/C16H17N/c1-11-13-7-3-5-9-15(13)17-14-8-4-2-6-12(14)10-16(11)17/h2,4,6,8,10,15H,3,5,7,9H2,1H3/t15-/m0/s1. The van der Waals surface area contributed by atoms with Gasteiger partial charge >= 0.3 is 0 Å². The summed E-state index contributed by atoms with van der Waals surface area (Å²) >= 11 is 0. The van der Waals surface area contributed by atoms with Gasteiger partial charge in [-0.3, -0.25) is 0 Å². The van der Waals surface area contributed by atoms with Crippen LogP contribution in [0.3, 0.4) is 0 Å². The molecule has 0 unspecified atom stereocenters. The fourth-order valence-corrected chi connectivity index (χ4v) is 3.68. The Morgan fingerprint density at radius 1 is 1.18 bits per heavy atom. The molecule has 2 aliphatic rings. The van der Waals surface area contributed by atoms with E-state index in [9.17, 15) is 0 Å².